The van der Waals surface area contributed by atoms with Crippen molar-refractivity contribution in [2.24, 2.45) is 0 Å². The van der Waals surface area contributed by atoms with E-state index in [1.165, 1.54) is 0 Å². The highest BCUT2D eigenvalue weighted by Crippen LogP contribution is 2.21. The second kappa shape index (κ2) is 5.97. The molecular weight excluding hydrogens is 280 g/mol. The van der Waals surface area contributed by atoms with Crippen molar-refractivity contribution >= 4 is 11.9 Å². The van der Waals surface area contributed by atoms with Crippen LogP contribution in [0.5, 0.6) is 0 Å². The van der Waals surface area contributed by atoms with E-state index >= 15 is 0 Å². The number of carbonyl (C=O) groups is 2. The van der Waals surface area contributed by atoms with Crippen molar-refractivity contribution in [3.05, 3.63) is 65.5 Å². The largest absolute Gasteiger partial charge is 0.448 e. The Balaban J connectivity index is 1.70. The molecule has 1 N–H and O–H groups in total. The predicted octanol–water partition coefficient (Wildman–Crippen LogP) is 2.04. The third-order valence-electron chi connectivity index (χ3n) is 3.73. The van der Waals surface area contributed by atoms with Crippen LogP contribution in [-0.2, 0) is 16.0 Å². The minimum Gasteiger partial charge on any atom is -0.448 e. The first-order valence-electron chi connectivity index (χ1n) is 7.14. The standard InChI is InChI=1S/C17H16N2O3/c1-11(13-6-4-8-18-10-13)19-16(20)15-9-12-5-2-3-7-14(12)17(21)22-15/h2-8,10-11,15H,9H2,1H3,(H,19,20). The maximum Gasteiger partial charge on any atom is 0.339 e. The van der Waals surface area contributed by atoms with Gasteiger partial charge in [0.25, 0.3) is 5.91 Å². The molecule has 1 aliphatic rings. The van der Waals surface area contributed by atoms with Gasteiger partial charge in [-0.15, -0.1) is 0 Å². The van der Waals surface area contributed by atoms with Gasteiger partial charge in [0, 0.05) is 18.8 Å². The zero-order valence-electron chi connectivity index (χ0n) is 12.2. The fourth-order valence-corrected chi connectivity index (χ4v) is 2.50. The highest BCUT2D eigenvalue weighted by Gasteiger charge is 2.31. The van der Waals surface area contributed by atoms with Gasteiger partial charge in [-0.3, -0.25) is 9.78 Å². The molecular formula is C17H16N2O3. The quantitative estimate of drug-likeness (QED) is 0.880. The van der Waals surface area contributed by atoms with Crippen LogP contribution in [0.4, 0.5) is 0 Å². The molecule has 112 valence electrons. The summed E-state index contributed by atoms with van der Waals surface area (Å²) in [6.07, 6.45) is 2.99. The van der Waals surface area contributed by atoms with Crippen LogP contribution in [0.15, 0.2) is 48.8 Å². The lowest BCUT2D eigenvalue weighted by atomic mass is 9.98. The molecule has 0 saturated carbocycles. The molecule has 5 heteroatoms. The van der Waals surface area contributed by atoms with Gasteiger partial charge in [0.2, 0.25) is 0 Å². The maximum atomic E-state index is 12.3. The number of carbonyl (C=O) groups excluding carboxylic acids is 2. The average molecular weight is 296 g/mol. The number of nitrogens with one attached hydrogen (secondary N) is 1. The summed E-state index contributed by atoms with van der Waals surface area (Å²) in [6.45, 7) is 1.87. The monoisotopic (exact) mass is 296 g/mol. The molecule has 2 heterocycles. The van der Waals surface area contributed by atoms with Crippen LogP contribution in [0, 0.1) is 0 Å². The van der Waals surface area contributed by atoms with Gasteiger partial charge in [0.15, 0.2) is 6.10 Å². The molecule has 1 aromatic heterocycles. The van der Waals surface area contributed by atoms with E-state index in [-0.39, 0.29) is 11.9 Å². The number of cyclic esters (lactones) is 1. The van der Waals surface area contributed by atoms with Crippen LogP contribution >= 0.6 is 0 Å². The van der Waals surface area contributed by atoms with Crippen LogP contribution in [0.25, 0.3) is 0 Å². The first-order valence-corrected chi connectivity index (χ1v) is 7.14. The molecule has 2 aromatic rings. The van der Waals surface area contributed by atoms with Crippen LogP contribution in [0.3, 0.4) is 0 Å². The number of pyridine rings is 1. The van der Waals surface area contributed by atoms with E-state index in [2.05, 4.69) is 10.3 Å². The van der Waals surface area contributed by atoms with E-state index < -0.39 is 12.1 Å². The third-order valence-corrected chi connectivity index (χ3v) is 3.73. The zero-order chi connectivity index (χ0) is 15.5. The van der Waals surface area contributed by atoms with Crippen LogP contribution in [0.2, 0.25) is 0 Å². The molecule has 1 aromatic carbocycles. The molecule has 3 rings (SSSR count). The number of aromatic nitrogens is 1. The van der Waals surface area contributed by atoms with Gasteiger partial charge < -0.3 is 10.1 Å². The highest BCUT2D eigenvalue weighted by atomic mass is 16.5. The Morgan fingerprint density at radius 2 is 2.14 bits per heavy atom. The topological polar surface area (TPSA) is 68.3 Å². The minimum atomic E-state index is -0.790. The third kappa shape index (κ3) is 2.83. The summed E-state index contributed by atoms with van der Waals surface area (Å²) in [5.41, 5.74) is 2.28. The van der Waals surface area contributed by atoms with Gasteiger partial charge in [-0.25, -0.2) is 4.79 Å². The van der Waals surface area contributed by atoms with Gasteiger partial charge in [-0.05, 0) is 30.2 Å². The lowest BCUT2D eigenvalue weighted by molar-refractivity contribution is -0.131. The number of fused-ring (bicyclic) bond motifs is 1. The fraction of sp³-hybridized carbons (Fsp3) is 0.235. The number of hydrogen-bond donors (Lipinski definition) is 1. The number of benzene rings is 1. The molecule has 0 aliphatic carbocycles. The van der Waals surface area contributed by atoms with Crippen molar-refractivity contribution in [3.63, 3.8) is 0 Å². The Morgan fingerprint density at radius 1 is 1.32 bits per heavy atom. The van der Waals surface area contributed by atoms with Crippen molar-refractivity contribution in [3.8, 4) is 0 Å². The number of ether oxygens (including phenoxy) is 1. The lowest BCUT2D eigenvalue weighted by Gasteiger charge is -2.25. The average Bonchev–Trinajstić information content (AvgIpc) is 2.55. The molecule has 0 bridgehead atoms. The van der Waals surface area contributed by atoms with Gasteiger partial charge >= 0.3 is 5.97 Å². The Morgan fingerprint density at radius 3 is 2.91 bits per heavy atom. The molecule has 2 atom stereocenters. The summed E-state index contributed by atoms with van der Waals surface area (Å²) < 4.78 is 5.24. The first kappa shape index (κ1) is 14.3. The second-order valence-electron chi connectivity index (χ2n) is 5.27. The van der Waals surface area contributed by atoms with E-state index in [0.29, 0.717) is 12.0 Å². The van der Waals surface area contributed by atoms with Crippen molar-refractivity contribution < 1.29 is 14.3 Å². The van der Waals surface area contributed by atoms with Crippen molar-refractivity contribution in [1.82, 2.24) is 10.3 Å². The summed E-state index contributed by atoms with van der Waals surface area (Å²) >= 11 is 0. The summed E-state index contributed by atoms with van der Waals surface area (Å²) in [4.78, 5) is 28.3. The second-order valence-corrected chi connectivity index (χ2v) is 5.27. The van der Waals surface area contributed by atoms with Crippen LogP contribution in [-0.4, -0.2) is 23.0 Å². The Hall–Kier alpha value is -2.69. The Kier molecular flexibility index (Phi) is 3.87. The van der Waals surface area contributed by atoms with Gasteiger partial charge in [-0.1, -0.05) is 24.3 Å². The lowest BCUT2D eigenvalue weighted by Crippen LogP contribution is -2.42. The van der Waals surface area contributed by atoms with E-state index in [4.69, 9.17) is 4.74 Å². The van der Waals surface area contributed by atoms with Crippen LogP contribution in [0.1, 0.15) is 34.5 Å². The molecule has 1 amide bonds. The maximum absolute atomic E-state index is 12.3. The number of hydrogen-bond acceptors (Lipinski definition) is 4. The van der Waals surface area contributed by atoms with E-state index in [0.717, 1.165) is 11.1 Å². The predicted molar refractivity (Wildman–Crippen MR) is 80.1 cm³/mol. The Labute approximate surface area is 128 Å². The summed E-state index contributed by atoms with van der Waals surface area (Å²) in [7, 11) is 0. The number of rotatable bonds is 3. The molecule has 0 radical (unpaired) electrons. The summed E-state index contributed by atoms with van der Waals surface area (Å²) in [5, 5.41) is 2.86. The summed E-state index contributed by atoms with van der Waals surface area (Å²) in [6, 6.07) is 10.7. The number of esters is 1. The van der Waals surface area contributed by atoms with E-state index in [1.807, 2.05) is 31.2 Å². The van der Waals surface area contributed by atoms with Gasteiger partial charge in [0.1, 0.15) is 0 Å². The van der Waals surface area contributed by atoms with Crippen molar-refractivity contribution in [2.45, 2.75) is 25.5 Å². The molecule has 0 fully saturated rings. The first-order chi connectivity index (χ1) is 10.6. The van der Waals surface area contributed by atoms with E-state index in [1.54, 1.807) is 24.5 Å². The van der Waals surface area contributed by atoms with Crippen LogP contribution < -0.4 is 5.32 Å². The Bertz CT molecular complexity index is 700. The smallest absolute Gasteiger partial charge is 0.339 e. The SMILES string of the molecule is CC(NC(=O)C1Cc2ccccc2C(=O)O1)c1cccnc1. The molecule has 22 heavy (non-hydrogen) atoms. The molecule has 5 nitrogen and oxygen atoms in total. The number of amides is 1. The molecule has 0 spiro atoms. The fourth-order valence-electron chi connectivity index (χ4n) is 2.50. The van der Waals surface area contributed by atoms with E-state index in [9.17, 15) is 9.59 Å². The van der Waals surface area contributed by atoms with Crippen molar-refractivity contribution in [1.29, 1.82) is 0 Å². The summed E-state index contributed by atoms with van der Waals surface area (Å²) in [5.74, 6) is -0.741. The number of nitrogens with zero attached hydrogens (tertiary/aromatic N) is 1. The minimum absolute atomic E-state index is 0.197. The highest BCUT2D eigenvalue weighted by molar-refractivity contribution is 5.95. The van der Waals surface area contributed by atoms with Gasteiger partial charge in [0.05, 0.1) is 11.6 Å². The zero-order valence-corrected chi connectivity index (χ0v) is 12.2. The molecule has 2 unspecified atom stereocenters. The normalized spacial score (nSPS) is 18.0. The molecule has 1 aliphatic heterocycles. The molecule has 0 saturated heterocycles. The van der Waals surface area contributed by atoms with Gasteiger partial charge in [-0.2, -0.15) is 0 Å². The van der Waals surface area contributed by atoms with Crippen molar-refractivity contribution in [2.75, 3.05) is 0 Å².